The molecular formula is C13H22N2OS. The minimum atomic E-state index is -0.367. The van der Waals surface area contributed by atoms with E-state index in [1.807, 2.05) is 20.9 Å². The van der Waals surface area contributed by atoms with Crippen molar-refractivity contribution in [1.29, 1.82) is 0 Å². The minimum absolute atomic E-state index is 0.0328. The molecule has 0 aliphatic heterocycles. The summed E-state index contributed by atoms with van der Waals surface area (Å²) in [6.45, 7) is 6.16. The maximum Gasteiger partial charge on any atom is 0.239 e. The first-order valence-electron chi connectivity index (χ1n) is 6.06. The van der Waals surface area contributed by atoms with E-state index < -0.39 is 0 Å². The van der Waals surface area contributed by atoms with Crippen LogP contribution >= 0.6 is 11.3 Å². The van der Waals surface area contributed by atoms with Crippen LogP contribution in [0.15, 0.2) is 12.1 Å². The Balaban J connectivity index is 2.69. The number of carbonyl (C=O) groups excluding carboxylic acids is 1. The average Bonchev–Trinajstić information content (AvgIpc) is 2.73. The topological polar surface area (TPSA) is 46.3 Å². The number of likely N-dealkylation sites (N-methyl/N-ethyl adjacent to an activating group) is 1. The molecule has 96 valence electrons. The fraction of sp³-hybridized carbons (Fsp3) is 0.615. The quantitative estimate of drug-likeness (QED) is 0.878. The molecule has 17 heavy (non-hydrogen) atoms. The van der Waals surface area contributed by atoms with Crippen molar-refractivity contribution in [1.82, 2.24) is 4.90 Å². The van der Waals surface area contributed by atoms with Gasteiger partial charge in [-0.2, -0.15) is 0 Å². The number of nitrogens with two attached hydrogens (primary N) is 1. The van der Waals surface area contributed by atoms with E-state index in [2.05, 4.69) is 19.1 Å². The van der Waals surface area contributed by atoms with Gasteiger partial charge in [-0.05, 0) is 32.4 Å². The highest BCUT2D eigenvalue weighted by molar-refractivity contribution is 7.12. The zero-order valence-corrected chi connectivity index (χ0v) is 11.9. The first kappa shape index (κ1) is 14.2. The van der Waals surface area contributed by atoms with Crippen LogP contribution in [0.1, 0.15) is 42.5 Å². The first-order chi connectivity index (χ1) is 7.97. The van der Waals surface area contributed by atoms with Gasteiger partial charge in [-0.25, -0.2) is 0 Å². The van der Waals surface area contributed by atoms with E-state index in [9.17, 15) is 4.79 Å². The second kappa shape index (κ2) is 6.17. The molecule has 4 heteroatoms. The predicted octanol–water partition coefficient (Wildman–Crippen LogP) is 2.70. The van der Waals surface area contributed by atoms with Gasteiger partial charge in [0.25, 0.3) is 0 Å². The lowest BCUT2D eigenvalue weighted by Crippen LogP contribution is -2.42. The van der Waals surface area contributed by atoms with E-state index in [-0.39, 0.29) is 18.0 Å². The van der Waals surface area contributed by atoms with Crippen LogP contribution in [0.25, 0.3) is 0 Å². The van der Waals surface area contributed by atoms with E-state index >= 15 is 0 Å². The normalized spacial score (nSPS) is 14.4. The Kier molecular flexibility index (Phi) is 5.15. The molecule has 1 amide bonds. The van der Waals surface area contributed by atoms with Gasteiger partial charge in [0.15, 0.2) is 0 Å². The number of rotatable bonds is 5. The molecule has 0 aliphatic rings. The molecule has 0 fully saturated rings. The predicted molar refractivity (Wildman–Crippen MR) is 73.1 cm³/mol. The fourth-order valence-corrected chi connectivity index (χ4v) is 2.73. The second-order valence-electron chi connectivity index (χ2n) is 4.47. The summed E-state index contributed by atoms with van der Waals surface area (Å²) in [7, 11) is 1.83. The van der Waals surface area contributed by atoms with Gasteiger partial charge >= 0.3 is 0 Å². The van der Waals surface area contributed by atoms with E-state index in [4.69, 9.17) is 5.73 Å². The van der Waals surface area contributed by atoms with Gasteiger partial charge in [0.1, 0.15) is 0 Å². The Morgan fingerprint density at radius 3 is 2.65 bits per heavy atom. The molecule has 0 aromatic carbocycles. The van der Waals surface area contributed by atoms with Crippen LogP contribution in [0.5, 0.6) is 0 Å². The summed E-state index contributed by atoms with van der Waals surface area (Å²) in [5.41, 5.74) is 5.86. The molecule has 2 N–H and O–H groups in total. The van der Waals surface area contributed by atoms with E-state index in [0.29, 0.717) is 0 Å². The Morgan fingerprint density at radius 2 is 2.18 bits per heavy atom. The van der Waals surface area contributed by atoms with Crippen molar-refractivity contribution < 1.29 is 4.79 Å². The molecule has 1 aromatic rings. The van der Waals surface area contributed by atoms with Crippen LogP contribution in [0.2, 0.25) is 0 Å². The van der Waals surface area contributed by atoms with Crippen molar-refractivity contribution in [2.45, 2.75) is 45.7 Å². The Hall–Kier alpha value is -0.870. The third-order valence-corrected chi connectivity index (χ3v) is 4.19. The van der Waals surface area contributed by atoms with Crippen LogP contribution < -0.4 is 5.73 Å². The lowest BCUT2D eigenvalue weighted by Gasteiger charge is -2.26. The minimum Gasteiger partial charge on any atom is -0.337 e. The number of hydrogen-bond acceptors (Lipinski definition) is 3. The van der Waals surface area contributed by atoms with Gasteiger partial charge in [-0.1, -0.05) is 13.3 Å². The van der Waals surface area contributed by atoms with Gasteiger partial charge in [0.05, 0.1) is 12.1 Å². The highest BCUT2D eigenvalue weighted by Gasteiger charge is 2.22. The van der Waals surface area contributed by atoms with Crippen molar-refractivity contribution in [2.24, 2.45) is 5.73 Å². The number of carbonyl (C=O) groups is 1. The molecule has 0 bridgehead atoms. The van der Waals surface area contributed by atoms with Crippen LogP contribution in [-0.2, 0) is 4.79 Å². The molecule has 2 atom stereocenters. The molecule has 1 heterocycles. The zero-order chi connectivity index (χ0) is 13.0. The van der Waals surface area contributed by atoms with Crippen molar-refractivity contribution in [2.75, 3.05) is 7.05 Å². The van der Waals surface area contributed by atoms with E-state index in [0.717, 1.165) is 12.8 Å². The summed E-state index contributed by atoms with van der Waals surface area (Å²) >= 11 is 1.73. The number of amides is 1. The highest BCUT2D eigenvalue weighted by atomic mass is 32.1. The van der Waals surface area contributed by atoms with Crippen LogP contribution in [-0.4, -0.2) is 23.9 Å². The zero-order valence-electron chi connectivity index (χ0n) is 11.1. The van der Waals surface area contributed by atoms with Gasteiger partial charge in [0.2, 0.25) is 5.91 Å². The van der Waals surface area contributed by atoms with Crippen LogP contribution in [0.3, 0.4) is 0 Å². The molecule has 0 saturated heterocycles. The summed E-state index contributed by atoms with van der Waals surface area (Å²) in [5, 5.41) is 0. The van der Waals surface area contributed by atoms with Gasteiger partial charge < -0.3 is 10.6 Å². The SMILES string of the molecule is CCCC(N)C(=O)N(C)C(C)c1ccc(C)s1. The van der Waals surface area contributed by atoms with Gasteiger partial charge in [-0.15, -0.1) is 11.3 Å². The summed E-state index contributed by atoms with van der Waals surface area (Å²) in [6, 6.07) is 3.90. The van der Waals surface area contributed by atoms with Crippen molar-refractivity contribution in [3.8, 4) is 0 Å². The van der Waals surface area contributed by atoms with E-state index in [1.165, 1.54) is 9.75 Å². The number of hydrogen-bond donors (Lipinski definition) is 1. The summed E-state index contributed by atoms with van der Waals surface area (Å²) in [5.74, 6) is 0.0328. The van der Waals surface area contributed by atoms with Crippen molar-refractivity contribution in [3.05, 3.63) is 21.9 Å². The maximum atomic E-state index is 12.1. The smallest absolute Gasteiger partial charge is 0.239 e. The third kappa shape index (κ3) is 3.54. The van der Waals surface area contributed by atoms with Crippen molar-refractivity contribution in [3.63, 3.8) is 0 Å². The Morgan fingerprint density at radius 1 is 1.53 bits per heavy atom. The fourth-order valence-electron chi connectivity index (χ4n) is 1.76. The average molecular weight is 254 g/mol. The molecule has 0 saturated carbocycles. The molecule has 2 unspecified atom stereocenters. The maximum absolute atomic E-state index is 12.1. The highest BCUT2D eigenvalue weighted by Crippen LogP contribution is 2.26. The van der Waals surface area contributed by atoms with Gasteiger partial charge in [0, 0.05) is 16.8 Å². The molecule has 0 aliphatic carbocycles. The third-order valence-electron chi connectivity index (χ3n) is 3.02. The van der Waals surface area contributed by atoms with Gasteiger partial charge in [-0.3, -0.25) is 4.79 Å². The summed E-state index contributed by atoms with van der Waals surface area (Å²) in [6.07, 6.45) is 1.69. The standard InChI is InChI=1S/C13H22N2OS/c1-5-6-11(14)13(16)15(4)10(3)12-8-7-9(2)17-12/h7-8,10-11H,5-6,14H2,1-4H3. The lowest BCUT2D eigenvalue weighted by molar-refractivity contribution is -0.133. The molecule has 0 spiro atoms. The van der Waals surface area contributed by atoms with E-state index in [1.54, 1.807) is 16.2 Å². The number of nitrogens with zero attached hydrogens (tertiary/aromatic N) is 1. The molecular weight excluding hydrogens is 232 g/mol. The van der Waals surface area contributed by atoms with Crippen LogP contribution in [0, 0.1) is 6.92 Å². The number of aryl methyl sites for hydroxylation is 1. The summed E-state index contributed by atoms with van der Waals surface area (Å²) in [4.78, 5) is 16.3. The van der Waals surface area contributed by atoms with Crippen molar-refractivity contribution >= 4 is 17.2 Å². The Bertz CT molecular complexity index is 375. The molecule has 1 aromatic heterocycles. The molecule has 1 rings (SSSR count). The largest absolute Gasteiger partial charge is 0.337 e. The second-order valence-corrected chi connectivity index (χ2v) is 5.79. The monoisotopic (exact) mass is 254 g/mol. The summed E-state index contributed by atoms with van der Waals surface area (Å²) < 4.78 is 0. The Labute approximate surface area is 108 Å². The molecule has 3 nitrogen and oxygen atoms in total. The van der Waals surface area contributed by atoms with Crippen LogP contribution in [0.4, 0.5) is 0 Å². The number of thiophene rings is 1. The molecule has 0 radical (unpaired) electrons. The first-order valence-corrected chi connectivity index (χ1v) is 6.87. The lowest BCUT2D eigenvalue weighted by atomic mass is 10.1.